The molecular formula is C21H14O4. The van der Waals surface area contributed by atoms with Gasteiger partial charge in [-0.05, 0) is 36.3 Å². The van der Waals surface area contributed by atoms with E-state index in [1.807, 2.05) is 6.92 Å². The molecular weight excluding hydrogens is 316 g/mol. The Morgan fingerprint density at radius 3 is 2.08 bits per heavy atom. The maximum absolute atomic E-state index is 12.1. The minimum atomic E-state index is -0.689. The van der Waals surface area contributed by atoms with Crippen molar-refractivity contribution in [1.29, 1.82) is 0 Å². The highest BCUT2D eigenvalue weighted by atomic mass is 16.3. The average molecular weight is 330 g/mol. The first-order valence-electron chi connectivity index (χ1n) is 7.36. The molecule has 0 atom stereocenters. The van der Waals surface area contributed by atoms with Gasteiger partial charge < -0.3 is 15.3 Å². The van der Waals surface area contributed by atoms with E-state index in [1.165, 1.54) is 0 Å². The third kappa shape index (κ3) is 4.35. The third-order valence-corrected chi connectivity index (χ3v) is 3.16. The van der Waals surface area contributed by atoms with E-state index in [1.54, 1.807) is 18.2 Å². The predicted octanol–water partition coefficient (Wildman–Crippen LogP) is 2.78. The van der Waals surface area contributed by atoms with E-state index in [-0.39, 0.29) is 5.56 Å². The zero-order chi connectivity index (χ0) is 18.4. The molecule has 0 amide bonds. The second-order valence-electron chi connectivity index (χ2n) is 5.04. The highest BCUT2D eigenvalue weighted by Gasteiger charge is 2.12. The van der Waals surface area contributed by atoms with E-state index >= 15 is 0 Å². The predicted molar refractivity (Wildman–Crippen MR) is 94.2 cm³/mol. The largest absolute Gasteiger partial charge is 0.504 e. The van der Waals surface area contributed by atoms with Gasteiger partial charge in [-0.15, -0.1) is 6.42 Å². The minimum absolute atomic E-state index is 0.0422. The van der Waals surface area contributed by atoms with Crippen molar-refractivity contribution in [2.45, 2.75) is 13.3 Å². The summed E-state index contributed by atoms with van der Waals surface area (Å²) in [6.45, 7) is 1.93. The first-order chi connectivity index (χ1) is 11.9. The summed E-state index contributed by atoms with van der Waals surface area (Å²) < 4.78 is 0. The summed E-state index contributed by atoms with van der Waals surface area (Å²) in [6, 6.07) is 7.19. The van der Waals surface area contributed by atoms with Crippen LogP contribution in [0.2, 0.25) is 0 Å². The highest BCUT2D eigenvalue weighted by Crippen LogP contribution is 2.35. The summed E-state index contributed by atoms with van der Waals surface area (Å²) in [7, 11) is 0. The summed E-state index contributed by atoms with van der Waals surface area (Å²) in [4.78, 5) is 12.1. The van der Waals surface area contributed by atoms with Gasteiger partial charge in [-0.25, -0.2) is 0 Å². The molecule has 0 bridgehead atoms. The Hall–Kier alpha value is -3.81. The molecule has 0 radical (unpaired) electrons. The van der Waals surface area contributed by atoms with Gasteiger partial charge >= 0.3 is 0 Å². The molecule has 0 fully saturated rings. The van der Waals surface area contributed by atoms with Crippen LogP contribution in [0.15, 0.2) is 30.3 Å². The number of ketones is 1. The summed E-state index contributed by atoms with van der Waals surface area (Å²) in [5.74, 6) is 11.0. The maximum atomic E-state index is 12.1. The SMILES string of the molecule is C#Cc1cc(C#CCC)cc(C#CC(=O)c2cc(O)c(O)c(O)c2)c1. The number of carbonyl (C=O) groups is 1. The molecule has 2 rings (SSSR count). The lowest BCUT2D eigenvalue weighted by molar-refractivity contribution is 0.105. The number of carbonyl (C=O) groups excluding carboxylic acids is 1. The third-order valence-electron chi connectivity index (χ3n) is 3.16. The van der Waals surface area contributed by atoms with Crippen LogP contribution in [0, 0.1) is 36.0 Å². The van der Waals surface area contributed by atoms with Crippen molar-refractivity contribution < 1.29 is 20.1 Å². The summed E-state index contributed by atoms with van der Waals surface area (Å²) in [5, 5.41) is 28.2. The van der Waals surface area contributed by atoms with Gasteiger partial charge in [-0.3, -0.25) is 4.79 Å². The Labute approximate surface area is 145 Å². The molecule has 0 spiro atoms. The molecule has 4 nitrogen and oxygen atoms in total. The van der Waals surface area contributed by atoms with E-state index < -0.39 is 23.0 Å². The summed E-state index contributed by atoms with van der Waals surface area (Å²) >= 11 is 0. The Bertz CT molecular complexity index is 979. The summed E-state index contributed by atoms with van der Waals surface area (Å²) in [6.07, 6.45) is 6.12. The van der Waals surface area contributed by atoms with Crippen LogP contribution in [-0.4, -0.2) is 21.1 Å². The Morgan fingerprint density at radius 2 is 1.52 bits per heavy atom. The molecule has 0 aliphatic heterocycles. The van der Waals surface area contributed by atoms with Crippen LogP contribution in [0.3, 0.4) is 0 Å². The van der Waals surface area contributed by atoms with Crippen molar-refractivity contribution in [3.63, 3.8) is 0 Å². The fourth-order valence-corrected chi connectivity index (χ4v) is 1.98. The van der Waals surface area contributed by atoms with Gasteiger partial charge in [-0.1, -0.05) is 30.6 Å². The van der Waals surface area contributed by atoms with Gasteiger partial charge in [0, 0.05) is 28.7 Å². The number of Topliss-reactive ketones (excluding diaryl/α,β-unsaturated/α-hetero) is 1. The van der Waals surface area contributed by atoms with Gasteiger partial charge in [0.2, 0.25) is 5.78 Å². The molecule has 0 aromatic heterocycles. The molecule has 0 saturated heterocycles. The number of aromatic hydroxyl groups is 3. The lowest BCUT2D eigenvalue weighted by atomic mass is 10.1. The smallest absolute Gasteiger partial charge is 0.236 e. The first-order valence-corrected chi connectivity index (χ1v) is 7.36. The van der Waals surface area contributed by atoms with Crippen LogP contribution >= 0.6 is 0 Å². The molecule has 0 saturated carbocycles. The molecule has 0 unspecified atom stereocenters. The fraction of sp³-hybridized carbons (Fsp3) is 0.0952. The van der Waals surface area contributed by atoms with E-state index in [9.17, 15) is 20.1 Å². The van der Waals surface area contributed by atoms with Crippen molar-refractivity contribution in [2.24, 2.45) is 0 Å². The molecule has 2 aromatic rings. The first kappa shape index (κ1) is 17.5. The highest BCUT2D eigenvalue weighted by molar-refractivity contribution is 6.10. The van der Waals surface area contributed by atoms with Crippen LogP contribution < -0.4 is 0 Å². The number of phenolic OH excluding ortho intramolecular Hbond substituents is 3. The van der Waals surface area contributed by atoms with Gasteiger partial charge in [-0.2, -0.15) is 0 Å². The van der Waals surface area contributed by atoms with E-state index in [4.69, 9.17) is 6.42 Å². The standard InChI is InChI=1S/C21H14O4/c1-3-5-6-15-9-14(4-2)10-16(11-15)7-8-18(22)17-12-19(23)21(25)20(24)13-17/h2,9-13,23-25H,3H2,1H3. The lowest BCUT2D eigenvalue weighted by Crippen LogP contribution is -1.95. The van der Waals surface area contributed by atoms with Crippen molar-refractivity contribution in [1.82, 2.24) is 0 Å². The molecule has 0 aliphatic rings. The topological polar surface area (TPSA) is 77.8 Å². The van der Waals surface area contributed by atoms with Crippen LogP contribution in [0.4, 0.5) is 0 Å². The fourth-order valence-electron chi connectivity index (χ4n) is 1.98. The second-order valence-corrected chi connectivity index (χ2v) is 5.04. The van der Waals surface area contributed by atoms with Crippen molar-refractivity contribution in [2.75, 3.05) is 0 Å². The van der Waals surface area contributed by atoms with Crippen LogP contribution in [0.5, 0.6) is 17.2 Å². The quantitative estimate of drug-likeness (QED) is 0.427. The zero-order valence-electron chi connectivity index (χ0n) is 13.4. The van der Waals surface area contributed by atoms with Crippen LogP contribution in [0.25, 0.3) is 0 Å². The molecule has 3 N–H and O–H groups in total. The maximum Gasteiger partial charge on any atom is 0.236 e. The number of phenols is 3. The second kappa shape index (κ2) is 7.64. The Kier molecular flexibility index (Phi) is 5.36. The van der Waals surface area contributed by atoms with Gasteiger partial charge in [0.15, 0.2) is 17.2 Å². The van der Waals surface area contributed by atoms with Crippen molar-refractivity contribution >= 4 is 5.78 Å². The van der Waals surface area contributed by atoms with Gasteiger partial charge in [0.1, 0.15) is 0 Å². The molecule has 122 valence electrons. The zero-order valence-corrected chi connectivity index (χ0v) is 13.4. The molecule has 2 aromatic carbocycles. The lowest BCUT2D eigenvalue weighted by Gasteiger charge is -2.02. The Balaban J connectivity index is 2.37. The number of rotatable bonds is 1. The van der Waals surface area contributed by atoms with E-state index in [0.29, 0.717) is 23.1 Å². The normalized spacial score (nSPS) is 9.12. The molecule has 0 heterocycles. The molecule has 4 heteroatoms. The number of hydrogen-bond donors (Lipinski definition) is 3. The Morgan fingerprint density at radius 1 is 0.960 bits per heavy atom. The monoisotopic (exact) mass is 330 g/mol. The summed E-state index contributed by atoms with van der Waals surface area (Å²) in [5.41, 5.74) is 1.78. The van der Waals surface area contributed by atoms with Crippen LogP contribution in [0.1, 0.15) is 40.4 Å². The molecule has 0 aliphatic carbocycles. The number of hydrogen-bond acceptors (Lipinski definition) is 4. The van der Waals surface area contributed by atoms with Crippen LogP contribution in [-0.2, 0) is 0 Å². The number of terminal acetylenes is 1. The van der Waals surface area contributed by atoms with E-state index in [0.717, 1.165) is 12.1 Å². The number of benzene rings is 2. The minimum Gasteiger partial charge on any atom is -0.504 e. The molecule has 25 heavy (non-hydrogen) atoms. The van der Waals surface area contributed by atoms with Gasteiger partial charge in [0.25, 0.3) is 0 Å². The average Bonchev–Trinajstić information content (AvgIpc) is 2.61. The van der Waals surface area contributed by atoms with E-state index in [2.05, 4.69) is 29.6 Å². The van der Waals surface area contributed by atoms with Gasteiger partial charge in [0.05, 0.1) is 0 Å². The van der Waals surface area contributed by atoms with Crippen molar-refractivity contribution in [3.8, 4) is 53.3 Å². The van der Waals surface area contributed by atoms with Crippen molar-refractivity contribution in [3.05, 3.63) is 52.6 Å².